The molecule has 2 aromatic carbocycles. The van der Waals surface area contributed by atoms with Crippen LogP contribution in [0.1, 0.15) is 16.3 Å². The number of ketones is 1. The van der Waals surface area contributed by atoms with Gasteiger partial charge in [-0.05, 0) is 84.9 Å². The van der Waals surface area contributed by atoms with Crippen LogP contribution in [-0.4, -0.2) is 14.2 Å². The van der Waals surface area contributed by atoms with Crippen molar-refractivity contribution in [2.75, 3.05) is 0 Å². The van der Waals surface area contributed by atoms with Crippen LogP contribution >= 0.6 is 0 Å². The first-order valence-corrected chi connectivity index (χ1v) is 10.7. The minimum atomic E-state index is -3.76. The van der Waals surface area contributed by atoms with Gasteiger partial charge in [0.1, 0.15) is 23.1 Å². The molecule has 156 valence electrons. The van der Waals surface area contributed by atoms with E-state index in [4.69, 9.17) is 14.0 Å². The molecule has 0 aliphatic heterocycles. The summed E-state index contributed by atoms with van der Waals surface area (Å²) >= 11 is 0. The maximum absolute atomic E-state index is 13.0. The number of hydrogen-bond donors (Lipinski definition) is 1. The first-order chi connectivity index (χ1) is 14.8. The van der Waals surface area contributed by atoms with Crippen molar-refractivity contribution in [1.82, 2.24) is 0 Å². The number of primary sulfonamides is 1. The van der Waals surface area contributed by atoms with Gasteiger partial charge in [-0.25, -0.2) is 17.9 Å². The Bertz CT molecular complexity index is 1360. The van der Waals surface area contributed by atoms with Crippen molar-refractivity contribution in [2.45, 2.75) is 4.90 Å². The van der Waals surface area contributed by atoms with Crippen LogP contribution in [0.25, 0.3) is 28.7 Å². The molecule has 0 spiro atoms. The normalized spacial score (nSPS) is 11.8. The van der Waals surface area contributed by atoms with E-state index in [0.717, 1.165) is 0 Å². The van der Waals surface area contributed by atoms with E-state index in [1.807, 2.05) is 0 Å². The summed E-state index contributed by atoms with van der Waals surface area (Å²) in [5, 5.41) is 5.09. The van der Waals surface area contributed by atoms with Crippen LogP contribution < -0.4 is 5.14 Å². The number of carbonyl (C=O) groups is 1. The number of rotatable bonds is 6. The molecule has 0 saturated carbocycles. The van der Waals surface area contributed by atoms with E-state index in [1.54, 1.807) is 48.5 Å². The number of sulfonamides is 1. The van der Waals surface area contributed by atoms with Crippen LogP contribution in [0.4, 0.5) is 4.39 Å². The second-order valence-corrected chi connectivity index (χ2v) is 8.20. The molecular formula is C23H16FNO5S. The third-order valence-corrected chi connectivity index (χ3v) is 5.40. The van der Waals surface area contributed by atoms with Crippen molar-refractivity contribution in [3.8, 4) is 22.6 Å². The minimum absolute atomic E-state index is 0.00646. The molecule has 0 aliphatic rings. The molecule has 2 aromatic heterocycles. The average molecular weight is 437 g/mol. The quantitative estimate of drug-likeness (QED) is 0.342. The third kappa shape index (κ3) is 4.71. The predicted molar refractivity (Wildman–Crippen MR) is 113 cm³/mol. The number of nitrogens with two attached hydrogens (primary N) is 1. The number of hydrogen-bond acceptors (Lipinski definition) is 5. The molecular weight excluding hydrogens is 421 g/mol. The number of carbonyl (C=O) groups excluding carboxylic acids is 1. The zero-order chi connectivity index (χ0) is 22.0. The predicted octanol–water partition coefficient (Wildman–Crippen LogP) is 4.89. The standard InChI is InChI=1S/C23H16FNO5S/c24-17-5-1-15(2-6-17)22-13-14-23(30-22)20(26)11-7-18-8-12-21(29-18)16-3-9-19(10-4-16)31(25,27)28/h1-14H,(H2,25,27,28)/b11-7+. The molecule has 8 heteroatoms. The summed E-state index contributed by atoms with van der Waals surface area (Å²) in [6, 6.07) is 18.3. The Balaban J connectivity index is 1.46. The largest absolute Gasteiger partial charge is 0.457 e. The molecule has 31 heavy (non-hydrogen) atoms. The molecule has 4 aromatic rings. The summed E-state index contributed by atoms with van der Waals surface area (Å²) in [4.78, 5) is 12.4. The van der Waals surface area contributed by atoms with Gasteiger partial charge in [-0.1, -0.05) is 0 Å². The molecule has 0 amide bonds. The fraction of sp³-hybridized carbons (Fsp3) is 0. The fourth-order valence-electron chi connectivity index (χ4n) is 2.89. The van der Waals surface area contributed by atoms with Gasteiger partial charge in [-0.3, -0.25) is 4.79 Å². The van der Waals surface area contributed by atoms with E-state index >= 15 is 0 Å². The van der Waals surface area contributed by atoms with Gasteiger partial charge in [0, 0.05) is 11.1 Å². The topological polar surface area (TPSA) is 104 Å². The van der Waals surface area contributed by atoms with E-state index in [2.05, 4.69) is 0 Å². The van der Waals surface area contributed by atoms with Crippen LogP contribution in [0.2, 0.25) is 0 Å². The highest BCUT2D eigenvalue weighted by atomic mass is 32.2. The van der Waals surface area contributed by atoms with Gasteiger partial charge in [0.25, 0.3) is 0 Å². The highest BCUT2D eigenvalue weighted by molar-refractivity contribution is 7.89. The smallest absolute Gasteiger partial charge is 0.238 e. The highest BCUT2D eigenvalue weighted by Gasteiger charge is 2.11. The van der Waals surface area contributed by atoms with Crippen LogP contribution in [-0.2, 0) is 10.0 Å². The summed E-state index contributed by atoms with van der Waals surface area (Å²) in [5.41, 5.74) is 1.32. The molecule has 2 heterocycles. The Kier molecular flexibility index (Phi) is 5.41. The van der Waals surface area contributed by atoms with Crippen LogP contribution in [0.15, 0.2) is 92.6 Å². The minimum Gasteiger partial charge on any atom is -0.457 e. The molecule has 4 rings (SSSR count). The number of halogens is 1. The monoisotopic (exact) mass is 437 g/mol. The van der Waals surface area contributed by atoms with Crippen molar-refractivity contribution in [3.05, 3.63) is 96.2 Å². The van der Waals surface area contributed by atoms with Gasteiger partial charge in [-0.15, -0.1) is 0 Å². The van der Waals surface area contributed by atoms with E-state index in [9.17, 15) is 17.6 Å². The van der Waals surface area contributed by atoms with Gasteiger partial charge in [0.15, 0.2) is 5.76 Å². The SMILES string of the molecule is NS(=O)(=O)c1ccc(-c2ccc(/C=C/C(=O)c3ccc(-c4ccc(F)cc4)o3)o2)cc1. The molecule has 0 unspecified atom stereocenters. The maximum Gasteiger partial charge on any atom is 0.238 e. The van der Waals surface area contributed by atoms with Crippen molar-refractivity contribution < 1.29 is 26.4 Å². The van der Waals surface area contributed by atoms with Crippen LogP contribution in [0, 0.1) is 5.82 Å². The van der Waals surface area contributed by atoms with Gasteiger partial charge < -0.3 is 8.83 Å². The lowest BCUT2D eigenvalue weighted by atomic mass is 10.2. The summed E-state index contributed by atoms with van der Waals surface area (Å²) in [7, 11) is -3.76. The maximum atomic E-state index is 13.0. The fourth-order valence-corrected chi connectivity index (χ4v) is 3.40. The van der Waals surface area contributed by atoms with Crippen molar-refractivity contribution >= 4 is 21.9 Å². The molecule has 0 fully saturated rings. The second-order valence-electron chi connectivity index (χ2n) is 6.64. The molecule has 0 atom stereocenters. The molecule has 2 N–H and O–H groups in total. The van der Waals surface area contributed by atoms with Gasteiger partial charge in [0.05, 0.1) is 4.90 Å². The zero-order valence-electron chi connectivity index (χ0n) is 16.0. The van der Waals surface area contributed by atoms with Crippen molar-refractivity contribution in [2.24, 2.45) is 5.14 Å². The Hall–Kier alpha value is -3.75. The van der Waals surface area contributed by atoms with Gasteiger partial charge in [-0.2, -0.15) is 0 Å². The third-order valence-electron chi connectivity index (χ3n) is 4.47. The second kappa shape index (κ2) is 8.17. The Labute approximate surface area is 177 Å². The molecule has 6 nitrogen and oxygen atoms in total. The molecule has 0 aliphatic carbocycles. The number of allylic oxidation sites excluding steroid dienone is 1. The lowest BCUT2D eigenvalue weighted by molar-refractivity contribution is 0.102. The number of furan rings is 2. The van der Waals surface area contributed by atoms with E-state index < -0.39 is 10.0 Å². The Morgan fingerprint density at radius 3 is 2.03 bits per heavy atom. The summed E-state index contributed by atoms with van der Waals surface area (Å²) < 4.78 is 47.0. The summed E-state index contributed by atoms with van der Waals surface area (Å²) in [6.45, 7) is 0. The molecule has 0 saturated heterocycles. The first-order valence-electron chi connectivity index (χ1n) is 9.11. The summed E-state index contributed by atoms with van der Waals surface area (Å²) in [5.74, 6) is 0.825. The average Bonchev–Trinajstić information content (AvgIpc) is 3.42. The number of benzene rings is 2. The van der Waals surface area contributed by atoms with Gasteiger partial charge in [0.2, 0.25) is 15.8 Å². The lowest BCUT2D eigenvalue weighted by Crippen LogP contribution is -2.11. The van der Waals surface area contributed by atoms with Crippen LogP contribution in [0.5, 0.6) is 0 Å². The summed E-state index contributed by atoms with van der Waals surface area (Å²) in [6.07, 6.45) is 2.82. The lowest BCUT2D eigenvalue weighted by Gasteiger charge is -2.00. The first kappa shape index (κ1) is 20.5. The van der Waals surface area contributed by atoms with Gasteiger partial charge >= 0.3 is 0 Å². The van der Waals surface area contributed by atoms with Crippen molar-refractivity contribution in [3.63, 3.8) is 0 Å². The Morgan fingerprint density at radius 1 is 0.806 bits per heavy atom. The molecule has 0 radical (unpaired) electrons. The van der Waals surface area contributed by atoms with E-state index in [-0.39, 0.29) is 22.3 Å². The highest BCUT2D eigenvalue weighted by Crippen LogP contribution is 2.25. The van der Waals surface area contributed by atoms with E-state index in [0.29, 0.717) is 28.4 Å². The molecule has 0 bridgehead atoms. The van der Waals surface area contributed by atoms with Crippen molar-refractivity contribution in [1.29, 1.82) is 0 Å². The van der Waals surface area contributed by atoms with E-state index in [1.165, 1.54) is 36.4 Å². The van der Waals surface area contributed by atoms with Crippen LogP contribution in [0.3, 0.4) is 0 Å². The zero-order valence-corrected chi connectivity index (χ0v) is 16.8. The Morgan fingerprint density at radius 2 is 1.39 bits per heavy atom.